The normalized spacial score (nSPS) is 11.7. The molecule has 0 aliphatic rings. The molecule has 9 rings (SSSR count). The van der Waals surface area contributed by atoms with Gasteiger partial charge >= 0.3 is 0 Å². The van der Waals surface area contributed by atoms with Gasteiger partial charge in [-0.2, -0.15) is 5.26 Å². The van der Waals surface area contributed by atoms with E-state index >= 15 is 0 Å². The summed E-state index contributed by atoms with van der Waals surface area (Å²) in [7, 11) is 0. The Labute approximate surface area is 250 Å². The first kappa shape index (κ1) is 24.0. The molecule has 43 heavy (non-hydrogen) atoms. The van der Waals surface area contributed by atoms with Gasteiger partial charge < -0.3 is 4.57 Å². The van der Waals surface area contributed by atoms with Gasteiger partial charge in [-0.15, -0.1) is 11.3 Å². The summed E-state index contributed by atoms with van der Waals surface area (Å²) in [6, 6.07) is 46.8. The van der Waals surface area contributed by atoms with Gasteiger partial charge in [0.15, 0.2) is 0 Å². The number of hydrogen-bond donors (Lipinski definition) is 0. The zero-order valence-corrected chi connectivity index (χ0v) is 23.7. The van der Waals surface area contributed by atoms with E-state index in [1.807, 2.05) is 18.2 Å². The van der Waals surface area contributed by atoms with Crippen molar-refractivity contribution in [1.82, 2.24) is 14.0 Å². The highest BCUT2D eigenvalue weighted by molar-refractivity contribution is 7.25. The Hall–Kier alpha value is -5.70. The van der Waals surface area contributed by atoms with Gasteiger partial charge in [0.25, 0.3) is 0 Å². The number of benzene rings is 5. The maximum atomic E-state index is 9.62. The fourth-order valence-electron chi connectivity index (χ4n) is 6.31. The molecule has 9 aromatic rings. The summed E-state index contributed by atoms with van der Waals surface area (Å²) < 4.78 is 5.75. The second-order valence-corrected chi connectivity index (χ2v) is 11.9. The first-order valence-corrected chi connectivity index (χ1v) is 15.0. The third-order valence-corrected chi connectivity index (χ3v) is 9.54. The molecule has 4 aromatic heterocycles. The van der Waals surface area contributed by atoms with Crippen LogP contribution in [0.5, 0.6) is 0 Å². The van der Waals surface area contributed by atoms with Crippen LogP contribution in [0.4, 0.5) is 0 Å². The molecule has 0 spiro atoms. The first-order valence-electron chi connectivity index (χ1n) is 14.2. The number of pyridine rings is 1. The van der Waals surface area contributed by atoms with Crippen molar-refractivity contribution in [2.24, 2.45) is 0 Å². The van der Waals surface area contributed by atoms with Crippen LogP contribution in [0, 0.1) is 11.3 Å². The van der Waals surface area contributed by atoms with Gasteiger partial charge in [-0.1, -0.05) is 66.7 Å². The summed E-state index contributed by atoms with van der Waals surface area (Å²) >= 11 is 1.79. The van der Waals surface area contributed by atoms with Crippen LogP contribution in [-0.2, 0) is 0 Å². The molecular weight excluding hydrogens is 545 g/mol. The van der Waals surface area contributed by atoms with Crippen LogP contribution < -0.4 is 0 Å². The fourth-order valence-corrected chi connectivity index (χ4v) is 7.43. The van der Waals surface area contributed by atoms with E-state index in [-0.39, 0.29) is 0 Å². The topological polar surface area (TPSA) is 46.0 Å². The lowest BCUT2D eigenvalue weighted by molar-refractivity contribution is 1.18. The molecule has 0 aliphatic carbocycles. The Morgan fingerprint density at radius 2 is 1.28 bits per heavy atom. The Morgan fingerprint density at radius 3 is 2.09 bits per heavy atom. The molecule has 4 nitrogen and oxygen atoms in total. The van der Waals surface area contributed by atoms with E-state index < -0.39 is 0 Å². The molecule has 200 valence electrons. The molecule has 0 aliphatic heterocycles. The van der Waals surface area contributed by atoms with E-state index in [9.17, 15) is 5.26 Å². The van der Waals surface area contributed by atoms with Gasteiger partial charge in [0.1, 0.15) is 16.0 Å². The van der Waals surface area contributed by atoms with Gasteiger partial charge in [0.05, 0.1) is 22.7 Å². The number of rotatable bonds is 3. The molecule has 0 fully saturated rings. The zero-order chi connectivity index (χ0) is 28.5. The number of para-hydroxylation sites is 1. The van der Waals surface area contributed by atoms with Gasteiger partial charge in [0, 0.05) is 32.7 Å². The minimum atomic E-state index is 0.664. The third kappa shape index (κ3) is 3.64. The van der Waals surface area contributed by atoms with Crippen LogP contribution in [0.1, 0.15) is 5.56 Å². The fraction of sp³-hybridized carbons (Fsp3) is 0. The lowest BCUT2D eigenvalue weighted by Gasteiger charge is -2.09. The van der Waals surface area contributed by atoms with Crippen molar-refractivity contribution in [2.45, 2.75) is 0 Å². The molecule has 0 unspecified atom stereocenters. The van der Waals surface area contributed by atoms with E-state index in [4.69, 9.17) is 4.98 Å². The molecule has 0 N–H and O–H groups in total. The zero-order valence-electron chi connectivity index (χ0n) is 22.9. The monoisotopic (exact) mass is 566 g/mol. The minimum Gasteiger partial charge on any atom is -0.309 e. The van der Waals surface area contributed by atoms with Crippen molar-refractivity contribution < 1.29 is 0 Å². The number of imidazole rings is 1. The highest BCUT2D eigenvalue weighted by Gasteiger charge is 2.15. The van der Waals surface area contributed by atoms with Gasteiger partial charge in [-0.25, -0.2) is 4.98 Å². The second kappa shape index (κ2) is 9.15. The Balaban J connectivity index is 1.14. The van der Waals surface area contributed by atoms with Crippen molar-refractivity contribution in [3.63, 3.8) is 0 Å². The molecule has 0 bridgehead atoms. The van der Waals surface area contributed by atoms with E-state index in [2.05, 4.69) is 130 Å². The number of fused-ring (bicyclic) bond motifs is 8. The Bertz CT molecular complexity index is 2560. The maximum absolute atomic E-state index is 9.62. The number of hydrogen-bond acceptors (Lipinski definition) is 3. The smallest absolute Gasteiger partial charge is 0.138 e. The molecule has 5 aromatic carbocycles. The second-order valence-electron chi connectivity index (χ2n) is 10.8. The van der Waals surface area contributed by atoms with Crippen LogP contribution in [0.3, 0.4) is 0 Å². The summed E-state index contributed by atoms with van der Waals surface area (Å²) in [5.74, 6) is 0. The average molecular weight is 567 g/mol. The number of nitriles is 1. The first-order chi connectivity index (χ1) is 21.2. The molecule has 0 atom stereocenters. The van der Waals surface area contributed by atoms with Crippen molar-refractivity contribution in [1.29, 1.82) is 5.26 Å². The molecule has 0 saturated carbocycles. The van der Waals surface area contributed by atoms with Gasteiger partial charge in [-0.05, 0) is 82.9 Å². The van der Waals surface area contributed by atoms with E-state index in [1.54, 1.807) is 11.3 Å². The van der Waals surface area contributed by atoms with Crippen LogP contribution in [0.2, 0.25) is 0 Å². The van der Waals surface area contributed by atoms with Crippen LogP contribution in [0.25, 0.3) is 75.8 Å². The maximum Gasteiger partial charge on any atom is 0.138 e. The predicted octanol–water partition coefficient (Wildman–Crippen LogP) is 10.0. The van der Waals surface area contributed by atoms with Crippen LogP contribution in [-0.4, -0.2) is 14.0 Å². The highest BCUT2D eigenvalue weighted by Crippen LogP contribution is 2.37. The summed E-state index contributed by atoms with van der Waals surface area (Å²) in [5, 5.41) is 13.0. The standard InChI is InChI=1S/C38H22N4S/c39-22-24-10-17-33-31(20-24)32-21-27(15-18-34(32)42(33)29-6-2-1-3-7-29)25-11-13-26(14-12-25)28-16-19-36-40-37-30-8-4-5-9-35(30)43-38(37)41(36)23-28/h1-21,23H. The number of nitrogens with zero attached hydrogens (tertiary/aromatic N) is 4. The number of thiophene rings is 1. The summed E-state index contributed by atoms with van der Waals surface area (Å²) in [6.07, 6.45) is 2.20. The summed E-state index contributed by atoms with van der Waals surface area (Å²) in [6.45, 7) is 0. The van der Waals surface area contributed by atoms with E-state index in [1.165, 1.54) is 14.9 Å². The molecule has 4 heterocycles. The largest absolute Gasteiger partial charge is 0.309 e. The molecule has 0 amide bonds. The van der Waals surface area contributed by atoms with Crippen LogP contribution >= 0.6 is 11.3 Å². The van der Waals surface area contributed by atoms with Gasteiger partial charge in [0.2, 0.25) is 0 Å². The summed E-state index contributed by atoms with van der Waals surface area (Å²) in [4.78, 5) is 6.10. The molecule has 0 radical (unpaired) electrons. The minimum absolute atomic E-state index is 0.664. The molecule has 0 saturated heterocycles. The van der Waals surface area contributed by atoms with Crippen molar-refractivity contribution in [3.8, 4) is 34.0 Å². The van der Waals surface area contributed by atoms with Crippen molar-refractivity contribution in [3.05, 3.63) is 139 Å². The lowest BCUT2D eigenvalue weighted by atomic mass is 9.99. The Morgan fingerprint density at radius 1 is 0.605 bits per heavy atom. The highest BCUT2D eigenvalue weighted by atomic mass is 32.1. The third-order valence-electron chi connectivity index (χ3n) is 8.38. The van der Waals surface area contributed by atoms with E-state index in [0.29, 0.717) is 5.56 Å². The van der Waals surface area contributed by atoms with Crippen molar-refractivity contribution in [2.75, 3.05) is 0 Å². The number of aromatic nitrogens is 3. The quantitative estimate of drug-likeness (QED) is 0.214. The van der Waals surface area contributed by atoms with E-state index in [0.717, 1.165) is 60.9 Å². The molecular formula is C38H22N4S. The summed E-state index contributed by atoms with van der Waals surface area (Å²) in [5.41, 5.74) is 10.6. The van der Waals surface area contributed by atoms with Crippen LogP contribution in [0.15, 0.2) is 134 Å². The van der Waals surface area contributed by atoms with Crippen molar-refractivity contribution >= 4 is 59.2 Å². The Kier molecular flexibility index (Phi) is 5.10. The lowest BCUT2D eigenvalue weighted by Crippen LogP contribution is -1.93. The molecule has 5 heteroatoms. The average Bonchev–Trinajstić information content (AvgIpc) is 3.72. The SMILES string of the molecule is N#Cc1ccc2c(c1)c1cc(-c3ccc(-c4ccc5nc6c7ccccc7sc6n5c4)cc3)ccc1n2-c1ccccc1. The predicted molar refractivity (Wildman–Crippen MR) is 178 cm³/mol. The van der Waals surface area contributed by atoms with Gasteiger partial charge in [-0.3, -0.25) is 4.40 Å².